The summed E-state index contributed by atoms with van der Waals surface area (Å²) in [5, 5.41) is 11.0. The SMILES string of the molecule is COCCOCCOCC1CN(c2ccc([N+](=O)[O-])cc2)CCN1S(=O)(=O)c1ccc(C(C)(C)C)cc1. The van der Waals surface area contributed by atoms with Crippen molar-refractivity contribution < 1.29 is 27.6 Å². The molecule has 2 aromatic rings. The Kier molecular flexibility index (Phi) is 10.0. The zero-order valence-electron chi connectivity index (χ0n) is 22.0. The highest BCUT2D eigenvalue weighted by Gasteiger charge is 2.36. The molecule has 1 heterocycles. The third-order valence-corrected chi connectivity index (χ3v) is 8.26. The fourth-order valence-electron chi connectivity index (χ4n) is 4.15. The third kappa shape index (κ3) is 7.71. The van der Waals surface area contributed by atoms with Crippen LogP contribution in [0.2, 0.25) is 0 Å². The number of ether oxygens (including phenoxy) is 3. The van der Waals surface area contributed by atoms with E-state index in [9.17, 15) is 18.5 Å². The van der Waals surface area contributed by atoms with Gasteiger partial charge >= 0.3 is 0 Å². The minimum absolute atomic E-state index is 0.0111. The lowest BCUT2D eigenvalue weighted by molar-refractivity contribution is -0.384. The largest absolute Gasteiger partial charge is 0.382 e. The summed E-state index contributed by atoms with van der Waals surface area (Å²) in [6.45, 7) is 9.20. The van der Waals surface area contributed by atoms with Crippen molar-refractivity contribution in [2.75, 3.05) is 64.7 Å². The number of benzene rings is 2. The van der Waals surface area contributed by atoms with Crippen molar-refractivity contribution in [3.05, 3.63) is 64.2 Å². The summed E-state index contributed by atoms with van der Waals surface area (Å²) in [7, 11) is -2.16. The molecule has 10 nitrogen and oxygen atoms in total. The Balaban J connectivity index is 1.76. The Morgan fingerprint density at radius 1 is 0.946 bits per heavy atom. The van der Waals surface area contributed by atoms with Gasteiger partial charge in [0, 0.05) is 44.6 Å². The van der Waals surface area contributed by atoms with E-state index in [4.69, 9.17) is 14.2 Å². The average molecular weight is 536 g/mol. The number of nitrogens with zero attached hydrogens (tertiary/aromatic N) is 3. The molecule has 37 heavy (non-hydrogen) atoms. The van der Waals surface area contributed by atoms with Crippen LogP contribution in [-0.4, -0.2) is 83.5 Å². The van der Waals surface area contributed by atoms with Crippen LogP contribution in [0, 0.1) is 10.1 Å². The van der Waals surface area contributed by atoms with Gasteiger partial charge in [-0.2, -0.15) is 4.31 Å². The van der Waals surface area contributed by atoms with Crippen molar-refractivity contribution in [3.8, 4) is 0 Å². The van der Waals surface area contributed by atoms with Crippen molar-refractivity contribution >= 4 is 21.4 Å². The number of non-ortho nitro benzene ring substituents is 1. The Hall–Kier alpha value is -2.57. The maximum absolute atomic E-state index is 13.7. The molecule has 11 heteroatoms. The molecule has 0 N–H and O–H groups in total. The van der Waals surface area contributed by atoms with Crippen LogP contribution >= 0.6 is 0 Å². The molecule has 0 radical (unpaired) electrons. The molecule has 1 atom stereocenters. The van der Waals surface area contributed by atoms with Gasteiger partial charge < -0.3 is 19.1 Å². The highest BCUT2D eigenvalue weighted by molar-refractivity contribution is 7.89. The van der Waals surface area contributed by atoms with Crippen LogP contribution in [0.15, 0.2) is 53.4 Å². The molecular weight excluding hydrogens is 498 g/mol. The maximum atomic E-state index is 13.7. The highest BCUT2D eigenvalue weighted by Crippen LogP contribution is 2.28. The summed E-state index contributed by atoms with van der Waals surface area (Å²) in [5.74, 6) is 0. The quantitative estimate of drug-likeness (QED) is 0.231. The van der Waals surface area contributed by atoms with Crippen LogP contribution in [0.4, 0.5) is 11.4 Å². The lowest BCUT2D eigenvalue weighted by atomic mass is 9.87. The summed E-state index contributed by atoms with van der Waals surface area (Å²) >= 11 is 0. The molecule has 0 saturated carbocycles. The molecule has 0 aliphatic carbocycles. The van der Waals surface area contributed by atoms with E-state index in [1.807, 2.05) is 17.0 Å². The van der Waals surface area contributed by atoms with E-state index >= 15 is 0 Å². The lowest BCUT2D eigenvalue weighted by Crippen LogP contribution is -2.57. The summed E-state index contributed by atoms with van der Waals surface area (Å²) < 4.78 is 45.1. The monoisotopic (exact) mass is 535 g/mol. The summed E-state index contributed by atoms with van der Waals surface area (Å²) in [6.07, 6.45) is 0. The van der Waals surface area contributed by atoms with Crippen LogP contribution in [0.3, 0.4) is 0 Å². The molecule has 3 rings (SSSR count). The van der Waals surface area contributed by atoms with E-state index in [2.05, 4.69) is 20.8 Å². The second-order valence-corrected chi connectivity index (χ2v) is 11.8. The zero-order valence-corrected chi connectivity index (χ0v) is 22.8. The van der Waals surface area contributed by atoms with Crippen molar-refractivity contribution in [2.45, 2.75) is 37.1 Å². The number of sulfonamides is 1. The summed E-state index contributed by atoms with van der Waals surface area (Å²) in [4.78, 5) is 12.9. The number of nitro benzene ring substituents is 1. The van der Waals surface area contributed by atoms with Crippen molar-refractivity contribution in [3.63, 3.8) is 0 Å². The van der Waals surface area contributed by atoms with Gasteiger partial charge in [-0.15, -0.1) is 0 Å². The Bertz CT molecular complexity index is 1120. The lowest BCUT2D eigenvalue weighted by Gasteiger charge is -2.41. The fraction of sp³-hybridized carbons (Fsp3) is 0.538. The second-order valence-electron chi connectivity index (χ2n) is 9.94. The van der Waals surface area contributed by atoms with Gasteiger partial charge in [-0.05, 0) is 35.2 Å². The van der Waals surface area contributed by atoms with Crippen LogP contribution in [0.5, 0.6) is 0 Å². The third-order valence-electron chi connectivity index (χ3n) is 6.30. The topological polar surface area (TPSA) is 111 Å². The van der Waals surface area contributed by atoms with Gasteiger partial charge in [0.25, 0.3) is 5.69 Å². The van der Waals surface area contributed by atoms with E-state index in [1.165, 1.54) is 16.4 Å². The molecule has 1 unspecified atom stereocenters. The van der Waals surface area contributed by atoms with Gasteiger partial charge in [-0.1, -0.05) is 32.9 Å². The molecule has 1 saturated heterocycles. The van der Waals surface area contributed by atoms with Gasteiger partial charge in [-0.3, -0.25) is 10.1 Å². The number of piperazine rings is 1. The van der Waals surface area contributed by atoms with Gasteiger partial charge in [-0.25, -0.2) is 8.42 Å². The number of rotatable bonds is 12. The first-order valence-corrected chi connectivity index (χ1v) is 13.7. The molecule has 1 aliphatic rings. The molecule has 0 amide bonds. The summed E-state index contributed by atoms with van der Waals surface area (Å²) in [5.41, 5.74) is 1.78. The van der Waals surface area contributed by atoms with Crippen LogP contribution < -0.4 is 4.90 Å². The summed E-state index contributed by atoms with van der Waals surface area (Å²) in [6, 6.07) is 12.9. The predicted octanol–water partition coefficient (Wildman–Crippen LogP) is 3.45. The molecule has 0 aromatic heterocycles. The number of methoxy groups -OCH3 is 1. The van der Waals surface area contributed by atoms with Crippen LogP contribution in [0.25, 0.3) is 0 Å². The first-order valence-electron chi connectivity index (χ1n) is 12.3. The van der Waals surface area contributed by atoms with E-state index in [0.29, 0.717) is 39.5 Å². The van der Waals surface area contributed by atoms with Gasteiger partial charge in [0.2, 0.25) is 10.0 Å². The van der Waals surface area contributed by atoms with E-state index in [-0.39, 0.29) is 29.1 Å². The van der Waals surface area contributed by atoms with Gasteiger partial charge in [0.05, 0.1) is 48.9 Å². The number of hydrogen-bond donors (Lipinski definition) is 0. The Morgan fingerprint density at radius 3 is 2.16 bits per heavy atom. The molecule has 1 aliphatic heterocycles. The normalized spacial score (nSPS) is 17.2. The van der Waals surface area contributed by atoms with Crippen molar-refractivity contribution in [1.29, 1.82) is 0 Å². The van der Waals surface area contributed by atoms with E-state index in [0.717, 1.165) is 11.3 Å². The zero-order chi connectivity index (χ0) is 27.1. The van der Waals surface area contributed by atoms with Crippen molar-refractivity contribution in [1.82, 2.24) is 4.31 Å². The number of anilines is 1. The van der Waals surface area contributed by atoms with Gasteiger partial charge in [0.1, 0.15) is 0 Å². The minimum atomic E-state index is -3.76. The van der Waals surface area contributed by atoms with Crippen LogP contribution in [0.1, 0.15) is 26.3 Å². The minimum Gasteiger partial charge on any atom is -0.382 e. The molecule has 1 fully saturated rings. The molecule has 204 valence electrons. The maximum Gasteiger partial charge on any atom is 0.269 e. The van der Waals surface area contributed by atoms with E-state index < -0.39 is 21.0 Å². The van der Waals surface area contributed by atoms with E-state index in [1.54, 1.807) is 31.4 Å². The molecule has 2 aromatic carbocycles. The standard InChI is InChI=1S/C26H37N3O7S/c1-26(2,3)21-5-11-25(12-6-21)37(32,33)28-14-13-27(22-7-9-23(10-8-22)29(30)31)19-24(28)20-36-18-17-35-16-15-34-4/h5-12,24H,13-20H2,1-4H3. The Morgan fingerprint density at radius 2 is 1.57 bits per heavy atom. The fourth-order valence-corrected chi connectivity index (χ4v) is 5.75. The highest BCUT2D eigenvalue weighted by atomic mass is 32.2. The molecular formula is C26H37N3O7S. The van der Waals surface area contributed by atoms with Gasteiger partial charge in [0.15, 0.2) is 0 Å². The first kappa shape index (κ1) is 29.0. The smallest absolute Gasteiger partial charge is 0.269 e. The van der Waals surface area contributed by atoms with Crippen LogP contribution in [-0.2, 0) is 29.6 Å². The number of hydrogen-bond acceptors (Lipinski definition) is 8. The average Bonchev–Trinajstić information content (AvgIpc) is 2.87. The molecule has 0 spiro atoms. The van der Waals surface area contributed by atoms with Crippen molar-refractivity contribution in [2.24, 2.45) is 0 Å². The Labute approximate surface area is 219 Å². The first-order chi connectivity index (χ1) is 17.5. The second kappa shape index (κ2) is 12.8. The predicted molar refractivity (Wildman–Crippen MR) is 142 cm³/mol. The molecule has 0 bridgehead atoms. The number of nitro groups is 1.